The fourth-order valence-corrected chi connectivity index (χ4v) is 1.90. The Morgan fingerprint density at radius 3 is 3.00 bits per heavy atom. The van der Waals surface area contributed by atoms with Gasteiger partial charge in [-0.3, -0.25) is 0 Å². The lowest BCUT2D eigenvalue weighted by Crippen LogP contribution is -2.28. The van der Waals surface area contributed by atoms with Gasteiger partial charge in [0.05, 0.1) is 6.61 Å². The van der Waals surface area contributed by atoms with Gasteiger partial charge in [-0.2, -0.15) is 15.0 Å². The van der Waals surface area contributed by atoms with Gasteiger partial charge in [0.15, 0.2) is 0 Å². The van der Waals surface area contributed by atoms with Crippen LogP contribution in [0.4, 0.5) is 11.9 Å². The molecule has 0 saturated carbocycles. The van der Waals surface area contributed by atoms with E-state index in [-0.39, 0.29) is 5.28 Å². The summed E-state index contributed by atoms with van der Waals surface area (Å²) in [5.41, 5.74) is 0. The minimum absolute atomic E-state index is 0.226. The third kappa shape index (κ3) is 3.68. The highest BCUT2D eigenvalue weighted by Gasteiger charge is 2.14. The van der Waals surface area contributed by atoms with Crippen molar-refractivity contribution in [1.82, 2.24) is 15.0 Å². The SMILES string of the molecule is CCCNc1nc(Cl)nc(N2CCCOCC2)n1. The molecule has 0 amide bonds. The van der Waals surface area contributed by atoms with Crippen molar-refractivity contribution < 1.29 is 4.74 Å². The first-order valence-corrected chi connectivity index (χ1v) is 6.65. The maximum atomic E-state index is 5.93. The second-order valence-corrected chi connectivity index (χ2v) is 4.45. The van der Waals surface area contributed by atoms with Gasteiger partial charge in [-0.05, 0) is 24.4 Å². The van der Waals surface area contributed by atoms with Crippen LogP contribution in [0.5, 0.6) is 0 Å². The Bertz CT molecular complexity index is 382. The number of ether oxygens (including phenoxy) is 1. The zero-order valence-corrected chi connectivity index (χ0v) is 11.3. The summed E-state index contributed by atoms with van der Waals surface area (Å²) in [5.74, 6) is 1.16. The highest BCUT2D eigenvalue weighted by Crippen LogP contribution is 2.15. The molecule has 0 spiro atoms. The van der Waals surface area contributed by atoms with Crippen LogP contribution in [0.3, 0.4) is 0 Å². The third-order valence-electron chi connectivity index (χ3n) is 2.63. The van der Waals surface area contributed by atoms with Crippen LogP contribution in [0.25, 0.3) is 0 Å². The van der Waals surface area contributed by atoms with Gasteiger partial charge in [0.25, 0.3) is 0 Å². The molecule has 0 atom stereocenters. The van der Waals surface area contributed by atoms with E-state index < -0.39 is 0 Å². The van der Waals surface area contributed by atoms with Crippen molar-refractivity contribution in [2.75, 3.05) is 43.1 Å². The van der Waals surface area contributed by atoms with Crippen LogP contribution in [0.15, 0.2) is 0 Å². The Balaban J connectivity index is 2.12. The van der Waals surface area contributed by atoms with E-state index in [9.17, 15) is 0 Å². The summed E-state index contributed by atoms with van der Waals surface area (Å²) in [6.45, 7) is 6.06. The molecule has 2 rings (SSSR count). The van der Waals surface area contributed by atoms with E-state index in [1.807, 2.05) is 0 Å². The molecule has 0 aliphatic carbocycles. The molecule has 6 nitrogen and oxygen atoms in total. The van der Waals surface area contributed by atoms with Gasteiger partial charge in [-0.25, -0.2) is 0 Å². The summed E-state index contributed by atoms with van der Waals surface area (Å²) >= 11 is 5.93. The molecule has 18 heavy (non-hydrogen) atoms. The van der Waals surface area contributed by atoms with E-state index in [2.05, 4.69) is 32.1 Å². The van der Waals surface area contributed by atoms with Crippen molar-refractivity contribution in [2.24, 2.45) is 0 Å². The molecular formula is C11H18ClN5O. The van der Waals surface area contributed by atoms with E-state index in [1.54, 1.807) is 0 Å². The van der Waals surface area contributed by atoms with Crippen molar-refractivity contribution >= 4 is 23.5 Å². The number of aromatic nitrogens is 3. The summed E-state index contributed by atoms with van der Waals surface area (Å²) in [6, 6.07) is 0. The van der Waals surface area contributed by atoms with Crippen molar-refractivity contribution in [3.8, 4) is 0 Å². The molecule has 1 aliphatic rings. The standard InChI is InChI=1S/C11H18ClN5O/c1-2-4-13-10-14-9(12)15-11(16-10)17-5-3-7-18-8-6-17/h2-8H2,1H3,(H,13,14,15,16). The summed E-state index contributed by atoms with van der Waals surface area (Å²) in [5, 5.41) is 3.35. The van der Waals surface area contributed by atoms with Gasteiger partial charge in [0.1, 0.15) is 0 Å². The van der Waals surface area contributed by atoms with Crippen molar-refractivity contribution in [3.63, 3.8) is 0 Å². The zero-order chi connectivity index (χ0) is 12.8. The molecule has 1 N–H and O–H groups in total. The van der Waals surface area contributed by atoms with Crippen molar-refractivity contribution in [1.29, 1.82) is 0 Å². The Labute approximate surface area is 112 Å². The maximum Gasteiger partial charge on any atom is 0.231 e. The lowest BCUT2D eigenvalue weighted by atomic mass is 10.4. The predicted molar refractivity (Wildman–Crippen MR) is 71.3 cm³/mol. The Hall–Kier alpha value is -1.14. The first kappa shape index (κ1) is 13.3. The molecule has 1 aromatic heterocycles. The Morgan fingerprint density at radius 1 is 1.28 bits per heavy atom. The van der Waals surface area contributed by atoms with Gasteiger partial charge in [-0.15, -0.1) is 0 Å². The molecule has 1 aromatic rings. The van der Waals surface area contributed by atoms with Gasteiger partial charge < -0.3 is 15.0 Å². The van der Waals surface area contributed by atoms with Crippen LogP contribution in [-0.4, -0.2) is 47.8 Å². The molecule has 0 unspecified atom stereocenters. The van der Waals surface area contributed by atoms with Crippen molar-refractivity contribution in [2.45, 2.75) is 19.8 Å². The molecule has 7 heteroatoms. The summed E-state index contributed by atoms with van der Waals surface area (Å²) < 4.78 is 5.41. The summed E-state index contributed by atoms with van der Waals surface area (Å²) in [6.07, 6.45) is 1.98. The molecule has 0 aromatic carbocycles. The van der Waals surface area contributed by atoms with E-state index in [0.29, 0.717) is 18.5 Å². The molecule has 100 valence electrons. The fourth-order valence-electron chi connectivity index (χ4n) is 1.74. The number of hydrogen-bond donors (Lipinski definition) is 1. The molecule has 2 heterocycles. The van der Waals surface area contributed by atoms with Crippen LogP contribution in [0.1, 0.15) is 19.8 Å². The largest absolute Gasteiger partial charge is 0.380 e. The van der Waals surface area contributed by atoms with Crippen LogP contribution in [0.2, 0.25) is 5.28 Å². The van der Waals surface area contributed by atoms with E-state index in [4.69, 9.17) is 16.3 Å². The van der Waals surface area contributed by atoms with Gasteiger partial charge in [0.2, 0.25) is 17.2 Å². The van der Waals surface area contributed by atoms with E-state index in [1.165, 1.54) is 0 Å². The zero-order valence-electron chi connectivity index (χ0n) is 10.5. The van der Waals surface area contributed by atoms with E-state index >= 15 is 0 Å². The van der Waals surface area contributed by atoms with Crippen molar-refractivity contribution in [3.05, 3.63) is 5.28 Å². The van der Waals surface area contributed by atoms with Gasteiger partial charge in [0, 0.05) is 26.2 Å². The second kappa shape index (κ2) is 6.70. The first-order valence-electron chi connectivity index (χ1n) is 6.27. The van der Waals surface area contributed by atoms with Gasteiger partial charge >= 0.3 is 0 Å². The summed E-state index contributed by atoms with van der Waals surface area (Å²) in [7, 11) is 0. The number of anilines is 2. The Morgan fingerprint density at radius 2 is 2.17 bits per heavy atom. The fraction of sp³-hybridized carbons (Fsp3) is 0.727. The third-order valence-corrected chi connectivity index (χ3v) is 2.80. The van der Waals surface area contributed by atoms with Gasteiger partial charge in [-0.1, -0.05) is 6.92 Å². The first-order chi connectivity index (χ1) is 8.79. The smallest absolute Gasteiger partial charge is 0.231 e. The lowest BCUT2D eigenvalue weighted by molar-refractivity contribution is 0.152. The minimum Gasteiger partial charge on any atom is -0.380 e. The molecule has 0 bridgehead atoms. The van der Waals surface area contributed by atoms with Crippen LogP contribution < -0.4 is 10.2 Å². The molecular weight excluding hydrogens is 254 g/mol. The normalized spacial score (nSPS) is 16.4. The lowest BCUT2D eigenvalue weighted by Gasteiger charge is -2.19. The highest BCUT2D eigenvalue weighted by atomic mass is 35.5. The highest BCUT2D eigenvalue weighted by molar-refractivity contribution is 6.28. The molecule has 0 radical (unpaired) electrons. The van der Waals surface area contributed by atoms with Crippen LogP contribution >= 0.6 is 11.6 Å². The molecule has 1 aliphatic heterocycles. The molecule has 1 fully saturated rings. The average molecular weight is 272 g/mol. The average Bonchev–Trinajstić information content (AvgIpc) is 2.64. The second-order valence-electron chi connectivity index (χ2n) is 4.11. The van der Waals surface area contributed by atoms with E-state index in [0.717, 1.165) is 39.1 Å². The topological polar surface area (TPSA) is 63.2 Å². The quantitative estimate of drug-likeness (QED) is 0.897. The van der Waals surface area contributed by atoms with Crippen LogP contribution in [-0.2, 0) is 4.74 Å². The number of halogens is 1. The Kier molecular flexibility index (Phi) is 4.95. The minimum atomic E-state index is 0.226. The predicted octanol–water partition coefficient (Wildman–Crippen LogP) is 1.57. The molecule has 1 saturated heterocycles. The summed E-state index contributed by atoms with van der Waals surface area (Å²) in [4.78, 5) is 14.7. The number of rotatable bonds is 4. The maximum absolute atomic E-state index is 5.93. The van der Waals surface area contributed by atoms with Crippen LogP contribution in [0, 0.1) is 0 Å². The number of nitrogens with one attached hydrogen (secondary N) is 1. The number of nitrogens with zero attached hydrogens (tertiary/aromatic N) is 4. The number of hydrogen-bond acceptors (Lipinski definition) is 6. The monoisotopic (exact) mass is 271 g/mol.